The fraction of sp³-hybridized carbons (Fsp3) is 0.571. The lowest BCUT2D eigenvalue weighted by molar-refractivity contribution is -0.385. The minimum atomic E-state index is -0.591. The summed E-state index contributed by atoms with van der Waals surface area (Å²) in [6, 6.07) is 4.81. The number of piperidine rings is 1. The van der Waals surface area contributed by atoms with Crippen molar-refractivity contribution >= 4 is 11.5 Å². The third kappa shape index (κ3) is 4.13. The van der Waals surface area contributed by atoms with Crippen LogP contribution >= 0.6 is 0 Å². The van der Waals surface area contributed by atoms with Crippen LogP contribution in [0.25, 0.3) is 0 Å². The van der Waals surface area contributed by atoms with Gasteiger partial charge in [-0.3, -0.25) is 10.1 Å². The van der Waals surface area contributed by atoms with Gasteiger partial charge in [-0.15, -0.1) is 0 Å². The summed E-state index contributed by atoms with van der Waals surface area (Å²) in [6.45, 7) is 5.18. The Bertz CT molecular complexity index is 549. The molecule has 0 amide bonds. The number of pyridine rings is 1. The summed E-state index contributed by atoms with van der Waals surface area (Å²) in [5, 5.41) is 22.9. The predicted molar refractivity (Wildman–Crippen MR) is 79.0 cm³/mol. The third-order valence-electron chi connectivity index (χ3n) is 3.55. The number of nitro groups is 1. The molecule has 1 N–H and O–H groups in total. The fourth-order valence-electron chi connectivity index (χ4n) is 2.59. The maximum Gasteiger partial charge on any atom is 0.305 e. The SMILES string of the molecule is CC(CN1CCCCC1)Nc1ccc([N+](=O)[O-])c(C#N)n1. The number of nitrogens with one attached hydrogen (secondary N) is 1. The van der Waals surface area contributed by atoms with Gasteiger partial charge in [-0.2, -0.15) is 5.26 Å². The Labute approximate surface area is 123 Å². The molecule has 112 valence electrons. The van der Waals surface area contributed by atoms with Crippen LogP contribution in [0.2, 0.25) is 0 Å². The quantitative estimate of drug-likeness (QED) is 0.659. The van der Waals surface area contributed by atoms with E-state index in [0.29, 0.717) is 5.82 Å². The summed E-state index contributed by atoms with van der Waals surface area (Å²) < 4.78 is 0. The monoisotopic (exact) mass is 289 g/mol. The molecule has 1 aliphatic heterocycles. The summed E-state index contributed by atoms with van der Waals surface area (Å²) in [6.07, 6.45) is 3.77. The number of nitriles is 1. The summed E-state index contributed by atoms with van der Waals surface area (Å²) in [5.41, 5.74) is -0.415. The molecule has 1 saturated heterocycles. The van der Waals surface area contributed by atoms with Gasteiger partial charge in [-0.05, 0) is 38.9 Å². The van der Waals surface area contributed by atoms with Gasteiger partial charge < -0.3 is 10.2 Å². The Hall–Kier alpha value is -2.20. The Morgan fingerprint density at radius 1 is 1.48 bits per heavy atom. The van der Waals surface area contributed by atoms with Crippen LogP contribution in [0.5, 0.6) is 0 Å². The second-order valence-electron chi connectivity index (χ2n) is 5.34. The Kier molecular flexibility index (Phi) is 5.06. The van der Waals surface area contributed by atoms with Crippen molar-refractivity contribution in [1.82, 2.24) is 9.88 Å². The van der Waals surface area contributed by atoms with Crippen LogP contribution in [0.3, 0.4) is 0 Å². The average molecular weight is 289 g/mol. The predicted octanol–water partition coefficient (Wildman–Crippen LogP) is 2.15. The van der Waals surface area contributed by atoms with Crippen molar-refractivity contribution in [3.8, 4) is 6.07 Å². The summed E-state index contributed by atoms with van der Waals surface area (Å²) in [4.78, 5) is 16.6. The van der Waals surface area contributed by atoms with Gasteiger partial charge in [-0.25, -0.2) is 4.98 Å². The highest BCUT2D eigenvalue weighted by Crippen LogP contribution is 2.19. The molecule has 1 aromatic rings. The highest BCUT2D eigenvalue weighted by Gasteiger charge is 2.17. The Morgan fingerprint density at radius 2 is 2.19 bits per heavy atom. The molecule has 2 heterocycles. The van der Waals surface area contributed by atoms with Crippen LogP contribution in [-0.4, -0.2) is 40.5 Å². The molecule has 1 atom stereocenters. The van der Waals surface area contributed by atoms with E-state index in [0.717, 1.165) is 19.6 Å². The minimum Gasteiger partial charge on any atom is -0.366 e. The molecule has 21 heavy (non-hydrogen) atoms. The topological polar surface area (TPSA) is 95.1 Å². The zero-order valence-corrected chi connectivity index (χ0v) is 12.1. The molecule has 0 aromatic carbocycles. The highest BCUT2D eigenvalue weighted by atomic mass is 16.6. The van der Waals surface area contributed by atoms with Crippen molar-refractivity contribution in [2.75, 3.05) is 25.0 Å². The lowest BCUT2D eigenvalue weighted by Gasteiger charge is -2.29. The van der Waals surface area contributed by atoms with Gasteiger partial charge >= 0.3 is 5.69 Å². The summed E-state index contributed by atoms with van der Waals surface area (Å²) in [5.74, 6) is 0.502. The minimum absolute atomic E-state index is 0.157. The fourth-order valence-corrected chi connectivity index (χ4v) is 2.59. The smallest absolute Gasteiger partial charge is 0.305 e. The zero-order chi connectivity index (χ0) is 15.2. The van der Waals surface area contributed by atoms with Crippen LogP contribution in [0.15, 0.2) is 12.1 Å². The number of likely N-dealkylation sites (tertiary alicyclic amines) is 1. The first-order valence-corrected chi connectivity index (χ1v) is 7.14. The second-order valence-corrected chi connectivity index (χ2v) is 5.34. The maximum atomic E-state index is 10.8. The van der Waals surface area contributed by atoms with E-state index in [1.807, 2.05) is 6.92 Å². The first-order chi connectivity index (χ1) is 10.1. The van der Waals surface area contributed by atoms with E-state index in [-0.39, 0.29) is 17.4 Å². The van der Waals surface area contributed by atoms with Gasteiger partial charge in [0.15, 0.2) is 0 Å². The second kappa shape index (κ2) is 6.99. The van der Waals surface area contributed by atoms with Crippen LogP contribution in [0.1, 0.15) is 31.9 Å². The van der Waals surface area contributed by atoms with Crippen LogP contribution < -0.4 is 5.32 Å². The molecule has 1 unspecified atom stereocenters. The first kappa shape index (κ1) is 15.2. The van der Waals surface area contributed by atoms with E-state index in [1.54, 1.807) is 12.1 Å². The highest BCUT2D eigenvalue weighted by molar-refractivity contribution is 5.50. The van der Waals surface area contributed by atoms with Crippen molar-refractivity contribution in [2.45, 2.75) is 32.2 Å². The standard InChI is InChI=1S/C14H19N5O2/c1-11(10-18-7-3-2-4-8-18)16-14-6-5-13(19(20)21)12(9-15)17-14/h5-6,11H,2-4,7-8,10H2,1H3,(H,16,17). The number of nitrogens with zero attached hydrogens (tertiary/aromatic N) is 4. The molecular weight excluding hydrogens is 270 g/mol. The molecule has 0 bridgehead atoms. The van der Waals surface area contributed by atoms with Crippen molar-refractivity contribution in [2.24, 2.45) is 0 Å². The van der Waals surface area contributed by atoms with Crippen LogP contribution in [0, 0.1) is 21.4 Å². The molecule has 7 heteroatoms. The van der Waals surface area contributed by atoms with E-state index in [1.165, 1.54) is 25.3 Å². The largest absolute Gasteiger partial charge is 0.366 e. The van der Waals surface area contributed by atoms with Gasteiger partial charge in [-0.1, -0.05) is 6.42 Å². The van der Waals surface area contributed by atoms with E-state index >= 15 is 0 Å². The first-order valence-electron chi connectivity index (χ1n) is 7.14. The van der Waals surface area contributed by atoms with Crippen LogP contribution in [0.4, 0.5) is 11.5 Å². The molecule has 1 aliphatic rings. The number of aromatic nitrogens is 1. The Balaban J connectivity index is 1.98. The molecule has 0 radical (unpaired) electrons. The molecule has 0 saturated carbocycles. The van der Waals surface area contributed by atoms with E-state index in [4.69, 9.17) is 5.26 Å². The zero-order valence-electron chi connectivity index (χ0n) is 12.1. The van der Waals surface area contributed by atoms with Gasteiger partial charge in [0.05, 0.1) is 4.92 Å². The van der Waals surface area contributed by atoms with E-state index in [2.05, 4.69) is 15.2 Å². The van der Waals surface area contributed by atoms with Crippen LogP contribution in [-0.2, 0) is 0 Å². The van der Waals surface area contributed by atoms with E-state index < -0.39 is 4.92 Å². The lowest BCUT2D eigenvalue weighted by Crippen LogP contribution is -2.38. The van der Waals surface area contributed by atoms with Gasteiger partial charge in [0.2, 0.25) is 5.69 Å². The van der Waals surface area contributed by atoms with Gasteiger partial charge in [0.25, 0.3) is 0 Å². The molecule has 2 rings (SSSR count). The lowest BCUT2D eigenvalue weighted by atomic mass is 10.1. The normalized spacial score (nSPS) is 17.0. The van der Waals surface area contributed by atoms with Crippen molar-refractivity contribution < 1.29 is 4.92 Å². The van der Waals surface area contributed by atoms with Gasteiger partial charge in [0, 0.05) is 18.7 Å². The summed E-state index contributed by atoms with van der Waals surface area (Å²) >= 11 is 0. The van der Waals surface area contributed by atoms with E-state index in [9.17, 15) is 10.1 Å². The van der Waals surface area contributed by atoms with Crippen molar-refractivity contribution in [1.29, 1.82) is 5.26 Å². The third-order valence-corrected chi connectivity index (χ3v) is 3.55. The molecule has 1 fully saturated rings. The molecule has 0 spiro atoms. The van der Waals surface area contributed by atoms with Crippen molar-refractivity contribution in [3.05, 3.63) is 27.9 Å². The van der Waals surface area contributed by atoms with Gasteiger partial charge in [0.1, 0.15) is 11.9 Å². The number of hydrogen-bond donors (Lipinski definition) is 1. The van der Waals surface area contributed by atoms with Crippen molar-refractivity contribution in [3.63, 3.8) is 0 Å². The maximum absolute atomic E-state index is 10.8. The Morgan fingerprint density at radius 3 is 2.81 bits per heavy atom. The average Bonchev–Trinajstić information content (AvgIpc) is 2.47. The molecule has 0 aliphatic carbocycles. The summed E-state index contributed by atoms with van der Waals surface area (Å²) in [7, 11) is 0. The molecular formula is C14H19N5O2. The number of anilines is 1. The number of hydrogen-bond acceptors (Lipinski definition) is 6. The number of rotatable bonds is 5. The molecule has 7 nitrogen and oxygen atoms in total. The molecule has 1 aromatic heterocycles.